The Kier molecular flexibility index (Phi) is 15.8. The summed E-state index contributed by atoms with van der Waals surface area (Å²) in [5.41, 5.74) is -0.191. The average Bonchev–Trinajstić information content (AvgIpc) is 2.95. The van der Waals surface area contributed by atoms with E-state index in [0.29, 0.717) is 0 Å². The first-order valence-electron chi connectivity index (χ1n) is 14.1. The van der Waals surface area contributed by atoms with E-state index < -0.39 is 60.9 Å². The first-order chi connectivity index (χ1) is 21.4. The van der Waals surface area contributed by atoms with E-state index in [0.717, 1.165) is 0 Å². The molecular formula is C27H37N6O12-3. The number of carboxylic acids is 3. The fourth-order valence-corrected chi connectivity index (χ4v) is 4.50. The number of benzene rings is 1. The van der Waals surface area contributed by atoms with Crippen molar-refractivity contribution >= 4 is 35.5 Å². The van der Waals surface area contributed by atoms with Crippen LogP contribution in [-0.4, -0.2) is 165 Å². The number of ether oxygens (including phenoxy) is 2. The molecule has 45 heavy (non-hydrogen) atoms. The minimum Gasteiger partial charge on any atom is -0.549 e. The third-order valence-corrected chi connectivity index (χ3v) is 6.86. The molecular weight excluding hydrogens is 600 g/mol. The fraction of sp³-hybridized carbons (Fsp3) is 0.593. The van der Waals surface area contributed by atoms with E-state index in [1.54, 1.807) is 14.7 Å². The number of nitro benzene ring substituents is 1. The molecule has 18 heteroatoms. The van der Waals surface area contributed by atoms with Crippen LogP contribution in [0.5, 0.6) is 5.75 Å². The Bertz CT molecular complexity index is 1140. The normalized spacial score (nSPS) is 16.2. The first-order valence-corrected chi connectivity index (χ1v) is 14.1. The summed E-state index contributed by atoms with van der Waals surface area (Å²) in [6.07, 6.45) is 0. The second-order valence-electron chi connectivity index (χ2n) is 10.3. The molecule has 1 aliphatic rings. The number of hydrogen-bond acceptors (Lipinski definition) is 16. The molecule has 1 aromatic rings. The molecule has 1 aliphatic heterocycles. The van der Waals surface area contributed by atoms with Crippen LogP contribution in [0.15, 0.2) is 24.3 Å². The Labute approximate surface area is 259 Å². The zero-order chi connectivity index (χ0) is 33.4. The van der Waals surface area contributed by atoms with Crippen molar-refractivity contribution in [1.29, 1.82) is 0 Å². The lowest BCUT2D eigenvalue weighted by Crippen LogP contribution is -2.52. The van der Waals surface area contributed by atoms with E-state index in [-0.39, 0.29) is 83.5 Å². The molecule has 0 N–H and O–H groups in total. The molecule has 18 nitrogen and oxygen atoms in total. The minimum atomic E-state index is -1.34. The number of nitrogens with zero attached hydrogens (tertiary/aromatic N) is 6. The average molecular weight is 638 g/mol. The number of methoxy groups -OCH3 is 1. The highest BCUT2D eigenvalue weighted by Crippen LogP contribution is 2.17. The number of carbonyl (C=O) groups is 5. The summed E-state index contributed by atoms with van der Waals surface area (Å²) in [6, 6.07) is 4.84. The largest absolute Gasteiger partial charge is 0.549 e. The first kappa shape index (κ1) is 37.0. The van der Waals surface area contributed by atoms with Gasteiger partial charge in [-0.05, 0) is 12.1 Å². The van der Waals surface area contributed by atoms with E-state index in [1.807, 2.05) is 0 Å². The highest BCUT2D eigenvalue weighted by atomic mass is 16.6. The molecule has 0 aliphatic carbocycles. The van der Waals surface area contributed by atoms with Crippen molar-refractivity contribution in [2.45, 2.75) is 0 Å². The molecule has 0 aromatic heterocycles. The van der Waals surface area contributed by atoms with E-state index in [1.165, 1.54) is 41.2 Å². The molecule has 0 spiro atoms. The van der Waals surface area contributed by atoms with Gasteiger partial charge < -0.3 is 44.1 Å². The lowest BCUT2D eigenvalue weighted by Gasteiger charge is -2.35. The number of esters is 1. The van der Waals surface area contributed by atoms with Gasteiger partial charge in [-0.1, -0.05) is 0 Å². The molecule has 1 aromatic carbocycles. The Morgan fingerprint density at radius 2 is 1.13 bits per heavy atom. The second kappa shape index (κ2) is 19.2. The van der Waals surface area contributed by atoms with Crippen LogP contribution >= 0.6 is 0 Å². The maximum atomic E-state index is 13.4. The highest BCUT2D eigenvalue weighted by molar-refractivity contribution is 5.84. The van der Waals surface area contributed by atoms with Crippen molar-refractivity contribution in [2.75, 3.05) is 105 Å². The summed E-state index contributed by atoms with van der Waals surface area (Å²) in [4.78, 5) is 77.8. The molecule has 0 bridgehead atoms. The van der Waals surface area contributed by atoms with Crippen LogP contribution in [0.1, 0.15) is 0 Å². The quantitative estimate of drug-likeness (QED) is 0.0755. The van der Waals surface area contributed by atoms with Crippen molar-refractivity contribution < 1.29 is 53.7 Å². The fourth-order valence-electron chi connectivity index (χ4n) is 4.50. The predicted molar refractivity (Wildman–Crippen MR) is 148 cm³/mol. The summed E-state index contributed by atoms with van der Waals surface area (Å²) in [6.45, 7) is -0.605. The third kappa shape index (κ3) is 14.9. The van der Waals surface area contributed by atoms with Gasteiger partial charge >= 0.3 is 5.97 Å². The van der Waals surface area contributed by atoms with Crippen molar-refractivity contribution in [3.63, 3.8) is 0 Å². The molecule has 1 amide bonds. The Morgan fingerprint density at radius 3 is 1.49 bits per heavy atom. The van der Waals surface area contributed by atoms with E-state index in [9.17, 15) is 49.4 Å². The Hall–Kier alpha value is -4.23. The van der Waals surface area contributed by atoms with Gasteiger partial charge in [0.25, 0.3) is 5.69 Å². The molecule has 1 heterocycles. The highest BCUT2D eigenvalue weighted by Gasteiger charge is 2.23. The zero-order valence-electron chi connectivity index (χ0n) is 25.0. The Balaban J connectivity index is 2.17. The smallest absolute Gasteiger partial charge is 0.331 e. The lowest BCUT2D eigenvalue weighted by atomic mass is 10.3. The van der Waals surface area contributed by atoms with Crippen LogP contribution in [0.25, 0.3) is 0 Å². The zero-order valence-corrected chi connectivity index (χ0v) is 25.0. The van der Waals surface area contributed by atoms with E-state index in [4.69, 9.17) is 9.47 Å². The van der Waals surface area contributed by atoms with Gasteiger partial charge in [-0.3, -0.25) is 34.5 Å². The minimum absolute atomic E-state index is 0.0282. The summed E-state index contributed by atoms with van der Waals surface area (Å²) in [5.74, 6) is -5.25. The van der Waals surface area contributed by atoms with Crippen molar-refractivity contribution in [1.82, 2.24) is 24.5 Å². The number of rotatable bonds is 15. The molecule has 0 radical (unpaired) electrons. The summed E-state index contributed by atoms with van der Waals surface area (Å²) in [7, 11) is 1.42. The number of non-ortho nitro benzene ring substituents is 1. The van der Waals surface area contributed by atoms with Gasteiger partial charge in [0.2, 0.25) is 5.91 Å². The number of carboxylic acid groups (broad SMARTS) is 3. The van der Waals surface area contributed by atoms with Gasteiger partial charge in [-0.15, -0.1) is 0 Å². The summed E-state index contributed by atoms with van der Waals surface area (Å²) in [5, 5.41) is 44.8. The van der Waals surface area contributed by atoms with Gasteiger partial charge in [0, 0.05) is 97.8 Å². The van der Waals surface area contributed by atoms with Crippen LogP contribution in [0, 0.1) is 10.1 Å². The van der Waals surface area contributed by atoms with E-state index >= 15 is 0 Å². The van der Waals surface area contributed by atoms with Gasteiger partial charge in [-0.25, -0.2) is 4.79 Å². The summed E-state index contributed by atoms with van der Waals surface area (Å²) >= 11 is 0. The van der Waals surface area contributed by atoms with Gasteiger partial charge in [0.05, 0.1) is 36.0 Å². The molecule has 0 unspecified atom stereocenters. The Morgan fingerprint density at radius 1 is 0.733 bits per heavy atom. The SMILES string of the molecule is COCCN(CC(=O)Oc1ccc([N+](=O)[O-])cc1)C(=O)CN1CCN(CC(=O)[O-])CCN(CC(=O)[O-])CCN(CC(=O)[O-])CC1. The number of amides is 1. The number of aliphatic carboxylic acids is 3. The van der Waals surface area contributed by atoms with Crippen molar-refractivity contribution in [3.05, 3.63) is 34.4 Å². The van der Waals surface area contributed by atoms with E-state index in [2.05, 4.69) is 0 Å². The molecule has 250 valence electrons. The summed E-state index contributed by atoms with van der Waals surface area (Å²) < 4.78 is 10.3. The maximum absolute atomic E-state index is 13.4. The van der Waals surface area contributed by atoms with Crippen LogP contribution in [0.2, 0.25) is 0 Å². The third-order valence-electron chi connectivity index (χ3n) is 6.86. The molecule has 2 rings (SSSR count). The van der Waals surface area contributed by atoms with Gasteiger partial charge in [0.1, 0.15) is 12.3 Å². The number of hydrogen-bond donors (Lipinski definition) is 0. The van der Waals surface area contributed by atoms with Gasteiger partial charge in [0.15, 0.2) is 0 Å². The number of nitro groups is 1. The standard InChI is InChI=1S/C27H40N6O12/c1-44-15-14-32(20-27(41)45-22-4-2-21(3-5-22)33(42)43)23(34)16-28-6-8-29(17-24(35)36)10-12-31(19-26(39)40)13-11-30(9-7-28)18-25(37)38/h2-5H,6-20H2,1H3,(H,35,36)(H,37,38)(H,39,40)/p-3. The monoisotopic (exact) mass is 637 g/mol. The lowest BCUT2D eigenvalue weighted by molar-refractivity contribution is -0.384. The number of carbonyl (C=O) groups excluding carboxylic acids is 5. The molecule has 0 saturated carbocycles. The van der Waals surface area contributed by atoms with Crippen LogP contribution in [0.3, 0.4) is 0 Å². The topological polar surface area (TPSA) is 232 Å². The molecule has 1 fully saturated rings. The van der Waals surface area contributed by atoms with Crippen LogP contribution in [-0.2, 0) is 28.7 Å². The van der Waals surface area contributed by atoms with Crippen molar-refractivity contribution in [3.8, 4) is 5.75 Å². The second-order valence-corrected chi connectivity index (χ2v) is 10.3. The predicted octanol–water partition coefficient (Wildman–Crippen LogP) is -5.55. The maximum Gasteiger partial charge on any atom is 0.331 e. The van der Waals surface area contributed by atoms with Crippen LogP contribution < -0.4 is 20.1 Å². The van der Waals surface area contributed by atoms with Crippen molar-refractivity contribution in [2.24, 2.45) is 0 Å². The van der Waals surface area contributed by atoms with Crippen LogP contribution in [0.4, 0.5) is 5.69 Å². The molecule has 1 saturated heterocycles. The van der Waals surface area contributed by atoms with Gasteiger partial charge in [-0.2, -0.15) is 0 Å². The molecule has 0 atom stereocenters.